The van der Waals surface area contributed by atoms with E-state index < -0.39 is 141 Å². The van der Waals surface area contributed by atoms with Crippen LogP contribution in [0.1, 0.15) is 51.4 Å². The zero-order chi connectivity index (χ0) is 34.1. The number of rotatable bonds is 22. The van der Waals surface area contributed by atoms with Crippen molar-refractivity contribution in [2.75, 3.05) is 0 Å². The Morgan fingerprint density at radius 3 is 1.11 bits per heavy atom. The molecule has 0 fully saturated rings. The Kier molecular flexibility index (Phi) is 16.7. The van der Waals surface area contributed by atoms with Crippen molar-refractivity contribution in [2.45, 2.75) is 81.6 Å². The molecule has 21 nitrogen and oxygen atoms in total. The fourth-order valence-electron chi connectivity index (χ4n) is 3.36. The largest absolute Gasteiger partial charge is 0.481 e. The summed E-state index contributed by atoms with van der Waals surface area (Å²) in [6.07, 6.45) is -6.08. The molecule has 0 saturated heterocycles. The van der Waals surface area contributed by atoms with E-state index in [-0.39, 0.29) is 0 Å². The van der Waals surface area contributed by atoms with Crippen molar-refractivity contribution in [1.82, 2.24) is 21.3 Å². The number of carbonyl (C=O) groups excluding carboxylic acids is 4. The zero-order valence-electron chi connectivity index (χ0n) is 22.9. The quantitative estimate of drug-likeness (QED) is 0.0538. The number of hydrogen-bond donors (Lipinski definition) is 11. The van der Waals surface area contributed by atoms with Gasteiger partial charge < -0.3 is 57.6 Å². The molecule has 0 aromatic rings. The molecule has 246 valence electrons. The van der Waals surface area contributed by atoms with Gasteiger partial charge in [0.25, 0.3) is 0 Å². The molecular formula is C23H33N5O16. The van der Waals surface area contributed by atoms with E-state index in [1.54, 1.807) is 0 Å². The Hall–Kier alpha value is -5.34. The molecule has 0 unspecified atom stereocenters. The number of carboxylic acids is 6. The molecule has 21 heteroatoms. The fourth-order valence-corrected chi connectivity index (χ4v) is 3.36. The van der Waals surface area contributed by atoms with Crippen molar-refractivity contribution in [3.05, 3.63) is 0 Å². The second-order valence-electron chi connectivity index (χ2n) is 9.18. The molecule has 0 bridgehead atoms. The van der Waals surface area contributed by atoms with Gasteiger partial charge in [-0.15, -0.1) is 0 Å². The predicted octanol–water partition coefficient (Wildman–Crippen LogP) is -4.12. The molecule has 0 spiro atoms. The number of hydrogen-bond acceptors (Lipinski definition) is 11. The maximum Gasteiger partial charge on any atom is 0.326 e. The lowest BCUT2D eigenvalue weighted by molar-refractivity contribution is -0.144. The maximum absolute atomic E-state index is 13.0. The van der Waals surface area contributed by atoms with Gasteiger partial charge in [0, 0.05) is 19.3 Å². The van der Waals surface area contributed by atoms with Gasteiger partial charge in [-0.3, -0.25) is 43.2 Å². The highest BCUT2D eigenvalue weighted by molar-refractivity contribution is 5.97. The number of nitrogens with two attached hydrogens (primary N) is 1. The first-order chi connectivity index (χ1) is 20.3. The van der Waals surface area contributed by atoms with Gasteiger partial charge in [0.15, 0.2) is 0 Å². The third-order valence-electron chi connectivity index (χ3n) is 5.56. The number of nitrogens with one attached hydrogen (secondary N) is 4. The van der Waals surface area contributed by atoms with E-state index in [2.05, 4.69) is 5.32 Å². The molecule has 0 heterocycles. The second kappa shape index (κ2) is 19.0. The van der Waals surface area contributed by atoms with Gasteiger partial charge in [-0.2, -0.15) is 0 Å². The van der Waals surface area contributed by atoms with E-state index in [1.165, 1.54) is 0 Å². The minimum absolute atomic E-state index is 0.600. The van der Waals surface area contributed by atoms with Gasteiger partial charge in [-0.05, 0) is 19.3 Å². The number of amides is 4. The first kappa shape index (κ1) is 38.7. The van der Waals surface area contributed by atoms with E-state index in [9.17, 15) is 58.2 Å². The van der Waals surface area contributed by atoms with Gasteiger partial charge in [-0.25, -0.2) is 4.79 Å². The highest BCUT2D eigenvalue weighted by Crippen LogP contribution is 2.07. The molecule has 0 aliphatic carbocycles. The fraction of sp³-hybridized carbons (Fsp3) is 0.565. The SMILES string of the molecule is N[C@@H](CC(=O)O)C(=O)N[C@@H](CCC(=O)O)C(=O)N[C@@H](CCC(=O)O)C(=O)N[C@@H](CC(=O)O)C(=O)N[C@@H](CCC(=O)O)C(=O)O. The molecule has 0 radical (unpaired) electrons. The van der Waals surface area contributed by atoms with Crippen LogP contribution in [0.25, 0.3) is 0 Å². The van der Waals surface area contributed by atoms with Crippen molar-refractivity contribution in [2.24, 2.45) is 5.73 Å². The first-order valence-corrected chi connectivity index (χ1v) is 12.6. The molecule has 0 aromatic heterocycles. The summed E-state index contributed by atoms with van der Waals surface area (Å²) in [7, 11) is 0. The minimum atomic E-state index is -2.01. The average molecular weight is 636 g/mol. The van der Waals surface area contributed by atoms with Gasteiger partial charge in [0.05, 0.1) is 18.9 Å². The van der Waals surface area contributed by atoms with Crippen LogP contribution in [0.2, 0.25) is 0 Å². The molecule has 0 rings (SSSR count). The van der Waals surface area contributed by atoms with E-state index in [4.69, 9.17) is 26.2 Å². The average Bonchev–Trinajstić information content (AvgIpc) is 2.88. The summed E-state index contributed by atoms with van der Waals surface area (Å²) in [5.41, 5.74) is 5.44. The van der Waals surface area contributed by atoms with Crippen LogP contribution in [0.4, 0.5) is 0 Å². The minimum Gasteiger partial charge on any atom is -0.481 e. The van der Waals surface area contributed by atoms with Gasteiger partial charge in [0.1, 0.15) is 24.2 Å². The van der Waals surface area contributed by atoms with Gasteiger partial charge in [0.2, 0.25) is 23.6 Å². The third kappa shape index (κ3) is 16.2. The lowest BCUT2D eigenvalue weighted by Gasteiger charge is -2.25. The van der Waals surface area contributed by atoms with Crippen LogP contribution in [0, 0.1) is 0 Å². The Morgan fingerprint density at radius 1 is 0.432 bits per heavy atom. The summed E-state index contributed by atoms with van der Waals surface area (Å²) in [5, 5.41) is 61.9. The molecule has 4 amide bonds. The molecule has 0 aromatic carbocycles. The molecule has 0 saturated carbocycles. The van der Waals surface area contributed by atoms with E-state index in [0.717, 1.165) is 0 Å². The van der Waals surface area contributed by atoms with Crippen molar-refractivity contribution in [3.8, 4) is 0 Å². The Labute approximate surface area is 247 Å². The third-order valence-corrected chi connectivity index (χ3v) is 5.56. The van der Waals surface area contributed by atoms with Crippen molar-refractivity contribution in [3.63, 3.8) is 0 Å². The standard InChI is InChI=1S/C23H33N5O16/c24-9(7-17(35)36)19(39)25-10(1-4-14(29)30)20(40)26-11(2-5-15(31)32)21(41)28-13(8-18(37)38)22(42)27-12(23(43)44)3-6-16(33)34/h9-13H,1-8,24H2,(H,25,39)(H,26,40)(H,27,42)(H,28,41)(H,29,30)(H,31,32)(H,33,34)(H,35,36)(H,37,38)(H,43,44)/t9-,10-,11-,12-,13-/m0/s1. The van der Waals surface area contributed by atoms with Crippen LogP contribution in [0.5, 0.6) is 0 Å². The van der Waals surface area contributed by atoms with Crippen LogP contribution >= 0.6 is 0 Å². The second-order valence-corrected chi connectivity index (χ2v) is 9.18. The van der Waals surface area contributed by atoms with Gasteiger partial charge in [-0.1, -0.05) is 0 Å². The van der Waals surface area contributed by atoms with Crippen LogP contribution in [-0.4, -0.2) is 120 Å². The van der Waals surface area contributed by atoms with Crippen molar-refractivity contribution >= 4 is 59.4 Å². The van der Waals surface area contributed by atoms with E-state index >= 15 is 0 Å². The zero-order valence-corrected chi connectivity index (χ0v) is 22.9. The lowest BCUT2D eigenvalue weighted by atomic mass is 10.1. The summed E-state index contributed by atoms with van der Waals surface area (Å²) in [6, 6.07) is -9.06. The first-order valence-electron chi connectivity index (χ1n) is 12.6. The number of carbonyl (C=O) groups is 10. The molecule has 0 aliphatic rings. The van der Waals surface area contributed by atoms with Crippen LogP contribution in [0.3, 0.4) is 0 Å². The maximum atomic E-state index is 13.0. The molecule has 12 N–H and O–H groups in total. The van der Waals surface area contributed by atoms with E-state index in [1.807, 2.05) is 16.0 Å². The predicted molar refractivity (Wildman–Crippen MR) is 138 cm³/mol. The lowest BCUT2D eigenvalue weighted by Crippen LogP contribution is -2.59. The van der Waals surface area contributed by atoms with E-state index in [0.29, 0.717) is 0 Å². The Bertz CT molecular complexity index is 1140. The number of carboxylic acid groups (broad SMARTS) is 6. The monoisotopic (exact) mass is 635 g/mol. The molecule has 0 aliphatic heterocycles. The van der Waals surface area contributed by atoms with Crippen LogP contribution in [-0.2, 0) is 47.9 Å². The molecular weight excluding hydrogens is 602 g/mol. The topological polar surface area (TPSA) is 366 Å². The Balaban J connectivity index is 6.03. The van der Waals surface area contributed by atoms with Crippen LogP contribution < -0.4 is 27.0 Å². The normalized spacial score (nSPS) is 13.9. The van der Waals surface area contributed by atoms with Crippen molar-refractivity contribution in [1.29, 1.82) is 0 Å². The highest BCUT2D eigenvalue weighted by atomic mass is 16.4. The number of aliphatic carboxylic acids is 6. The Morgan fingerprint density at radius 2 is 0.750 bits per heavy atom. The highest BCUT2D eigenvalue weighted by Gasteiger charge is 2.33. The smallest absolute Gasteiger partial charge is 0.326 e. The van der Waals surface area contributed by atoms with Gasteiger partial charge >= 0.3 is 35.8 Å². The summed E-state index contributed by atoms with van der Waals surface area (Å²) < 4.78 is 0. The molecule has 44 heavy (non-hydrogen) atoms. The summed E-state index contributed by atoms with van der Waals surface area (Å²) in [6.45, 7) is 0. The van der Waals surface area contributed by atoms with Crippen LogP contribution in [0.15, 0.2) is 0 Å². The van der Waals surface area contributed by atoms with Crippen molar-refractivity contribution < 1.29 is 78.6 Å². The summed E-state index contributed by atoms with van der Waals surface area (Å²) in [4.78, 5) is 117. The summed E-state index contributed by atoms with van der Waals surface area (Å²) >= 11 is 0. The summed E-state index contributed by atoms with van der Waals surface area (Å²) in [5.74, 6) is -14.3. The molecule has 5 atom stereocenters.